The van der Waals surface area contributed by atoms with Crippen LogP contribution in [0.25, 0.3) is 11.1 Å². The summed E-state index contributed by atoms with van der Waals surface area (Å²) in [6.45, 7) is 5.23. The van der Waals surface area contributed by atoms with Crippen molar-refractivity contribution < 1.29 is 0 Å². The normalized spacial score (nSPS) is 8.81. The SMILES string of the molecule is C=CN.Cc1ccc(-c2cccnc2)cc1. The molecule has 1 aromatic carbocycles. The summed E-state index contributed by atoms with van der Waals surface area (Å²) in [6.07, 6.45) is 4.92. The molecule has 0 spiro atoms. The van der Waals surface area contributed by atoms with Crippen LogP contribution in [0.2, 0.25) is 0 Å². The molecule has 0 aliphatic carbocycles. The minimum atomic E-state index is 1.17. The van der Waals surface area contributed by atoms with E-state index in [0.717, 1.165) is 0 Å². The fraction of sp³-hybridized carbons (Fsp3) is 0.0714. The number of pyridine rings is 1. The van der Waals surface area contributed by atoms with Gasteiger partial charge in [-0.05, 0) is 30.3 Å². The lowest BCUT2D eigenvalue weighted by molar-refractivity contribution is 1.33. The number of aromatic nitrogens is 1. The van der Waals surface area contributed by atoms with Crippen LogP contribution in [0.15, 0.2) is 61.6 Å². The summed E-state index contributed by atoms with van der Waals surface area (Å²) in [5, 5.41) is 0. The van der Waals surface area contributed by atoms with Crippen molar-refractivity contribution >= 4 is 0 Å². The number of nitrogens with zero attached hydrogens (tertiary/aromatic N) is 1. The van der Waals surface area contributed by atoms with Gasteiger partial charge in [-0.1, -0.05) is 42.5 Å². The average molecular weight is 212 g/mol. The predicted octanol–water partition coefficient (Wildman–Crippen LogP) is 3.15. The first-order valence-corrected chi connectivity index (χ1v) is 5.07. The van der Waals surface area contributed by atoms with Gasteiger partial charge in [-0.15, -0.1) is 0 Å². The Labute approximate surface area is 96.5 Å². The fourth-order valence-electron chi connectivity index (χ4n) is 1.28. The molecule has 0 unspecified atom stereocenters. The van der Waals surface area contributed by atoms with Crippen LogP contribution in [-0.4, -0.2) is 4.98 Å². The molecule has 2 rings (SSSR count). The predicted molar refractivity (Wildman–Crippen MR) is 68.8 cm³/mol. The zero-order chi connectivity index (χ0) is 11.8. The lowest BCUT2D eigenvalue weighted by Crippen LogP contribution is -1.78. The monoisotopic (exact) mass is 212 g/mol. The summed E-state index contributed by atoms with van der Waals surface area (Å²) in [6, 6.07) is 12.5. The molecule has 0 radical (unpaired) electrons. The Hall–Kier alpha value is -2.09. The minimum Gasteiger partial charge on any atom is -0.405 e. The van der Waals surface area contributed by atoms with E-state index in [2.05, 4.69) is 54.6 Å². The van der Waals surface area contributed by atoms with Crippen LogP contribution in [0.4, 0.5) is 0 Å². The molecule has 2 aromatic rings. The van der Waals surface area contributed by atoms with Crippen LogP contribution in [0.3, 0.4) is 0 Å². The van der Waals surface area contributed by atoms with Gasteiger partial charge < -0.3 is 5.73 Å². The lowest BCUT2D eigenvalue weighted by Gasteiger charge is -2.00. The van der Waals surface area contributed by atoms with E-state index in [0.29, 0.717) is 0 Å². The van der Waals surface area contributed by atoms with E-state index in [1.54, 1.807) is 6.20 Å². The number of rotatable bonds is 1. The molecule has 2 N–H and O–H groups in total. The molecular formula is C14H16N2. The Balaban J connectivity index is 0.000000386. The lowest BCUT2D eigenvalue weighted by atomic mass is 10.1. The molecule has 0 aliphatic heterocycles. The average Bonchev–Trinajstić information content (AvgIpc) is 2.32. The second-order valence-corrected chi connectivity index (χ2v) is 3.34. The smallest absolute Gasteiger partial charge is 0.0346 e. The Bertz CT molecular complexity index is 418. The molecule has 1 heterocycles. The molecule has 0 saturated heterocycles. The van der Waals surface area contributed by atoms with E-state index in [1.165, 1.54) is 22.9 Å². The zero-order valence-corrected chi connectivity index (χ0v) is 9.43. The van der Waals surface area contributed by atoms with Crippen molar-refractivity contribution in [1.82, 2.24) is 4.98 Å². The first-order chi connectivity index (χ1) is 7.77. The summed E-state index contributed by atoms with van der Waals surface area (Å²) in [5.41, 5.74) is 8.29. The third-order valence-electron chi connectivity index (χ3n) is 2.05. The van der Waals surface area contributed by atoms with E-state index >= 15 is 0 Å². The van der Waals surface area contributed by atoms with Gasteiger partial charge in [0, 0.05) is 12.4 Å². The van der Waals surface area contributed by atoms with Crippen molar-refractivity contribution in [3.63, 3.8) is 0 Å². The third-order valence-corrected chi connectivity index (χ3v) is 2.05. The van der Waals surface area contributed by atoms with Crippen molar-refractivity contribution in [2.45, 2.75) is 6.92 Å². The highest BCUT2D eigenvalue weighted by molar-refractivity contribution is 5.62. The van der Waals surface area contributed by atoms with Gasteiger partial charge in [-0.2, -0.15) is 0 Å². The maximum Gasteiger partial charge on any atom is 0.0346 e. The number of hydrogen-bond acceptors (Lipinski definition) is 2. The van der Waals surface area contributed by atoms with Gasteiger partial charge in [0.25, 0.3) is 0 Å². The minimum absolute atomic E-state index is 1.17. The number of aryl methyl sites for hydroxylation is 1. The number of nitrogens with two attached hydrogens (primary N) is 1. The molecule has 0 aliphatic rings. The summed E-state index contributed by atoms with van der Waals surface area (Å²) >= 11 is 0. The van der Waals surface area contributed by atoms with E-state index in [1.807, 2.05) is 12.3 Å². The molecule has 0 atom stereocenters. The van der Waals surface area contributed by atoms with Gasteiger partial charge in [-0.25, -0.2) is 0 Å². The standard InChI is InChI=1S/C12H11N.C2H5N/c1-10-4-6-11(7-5-10)12-3-2-8-13-9-12;1-2-3/h2-9H,1H3;2H,1,3H2. The van der Waals surface area contributed by atoms with Crippen LogP contribution >= 0.6 is 0 Å². The maximum absolute atomic E-state index is 4.61. The molecule has 82 valence electrons. The summed E-state index contributed by atoms with van der Waals surface area (Å²) in [4.78, 5) is 4.08. The van der Waals surface area contributed by atoms with Crippen molar-refractivity contribution in [2.24, 2.45) is 5.73 Å². The molecule has 0 saturated carbocycles. The van der Waals surface area contributed by atoms with Crippen molar-refractivity contribution in [2.75, 3.05) is 0 Å². The van der Waals surface area contributed by atoms with Crippen LogP contribution in [0.5, 0.6) is 0 Å². The van der Waals surface area contributed by atoms with Gasteiger partial charge >= 0.3 is 0 Å². The van der Waals surface area contributed by atoms with E-state index in [-0.39, 0.29) is 0 Å². The van der Waals surface area contributed by atoms with E-state index in [9.17, 15) is 0 Å². The second-order valence-electron chi connectivity index (χ2n) is 3.34. The topological polar surface area (TPSA) is 38.9 Å². The molecule has 0 fully saturated rings. The Morgan fingerprint density at radius 2 is 1.75 bits per heavy atom. The number of hydrogen-bond donors (Lipinski definition) is 1. The van der Waals surface area contributed by atoms with Gasteiger partial charge in [0.05, 0.1) is 0 Å². The number of benzene rings is 1. The van der Waals surface area contributed by atoms with Gasteiger partial charge in [-0.3, -0.25) is 4.98 Å². The Kier molecular flexibility index (Phi) is 4.80. The highest BCUT2D eigenvalue weighted by atomic mass is 14.6. The van der Waals surface area contributed by atoms with Crippen molar-refractivity contribution in [1.29, 1.82) is 0 Å². The van der Waals surface area contributed by atoms with Gasteiger partial charge in [0.1, 0.15) is 0 Å². The first-order valence-electron chi connectivity index (χ1n) is 5.07. The van der Waals surface area contributed by atoms with E-state index in [4.69, 9.17) is 0 Å². The fourth-order valence-corrected chi connectivity index (χ4v) is 1.28. The Morgan fingerprint density at radius 1 is 1.12 bits per heavy atom. The Morgan fingerprint density at radius 3 is 2.25 bits per heavy atom. The quantitative estimate of drug-likeness (QED) is 0.788. The molecule has 2 nitrogen and oxygen atoms in total. The molecule has 2 heteroatoms. The first kappa shape index (κ1) is 12.0. The van der Waals surface area contributed by atoms with Crippen LogP contribution < -0.4 is 5.73 Å². The van der Waals surface area contributed by atoms with Crippen molar-refractivity contribution in [3.8, 4) is 11.1 Å². The molecule has 0 bridgehead atoms. The summed E-state index contributed by atoms with van der Waals surface area (Å²) < 4.78 is 0. The highest BCUT2D eigenvalue weighted by Crippen LogP contribution is 2.17. The van der Waals surface area contributed by atoms with Crippen molar-refractivity contribution in [3.05, 3.63) is 67.1 Å². The van der Waals surface area contributed by atoms with Gasteiger partial charge in [0.15, 0.2) is 0 Å². The largest absolute Gasteiger partial charge is 0.405 e. The summed E-state index contributed by atoms with van der Waals surface area (Å²) in [5.74, 6) is 0. The molecule has 16 heavy (non-hydrogen) atoms. The third kappa shape index (κ3) is 3.58. The zero-order valence-electron chi connectivity index (χ0n) is 9.43. The molecule has 0 amide bonds. The van der Waals surface area contributed by atoms with E-state index < -0.39 is 0 Å². The summed E-state index contributed by atoms with van der Waals surface area (Å²) in [7, 11) is 0. The van der Waals surface area contributed by atoms with Crippen LogP contribution in [0, 0.1) is 6.92 Å². The maximum atomic E-state index is 4.61. The van der Waals surface area contributed by atoms with Gasteiger partial charge in [0.2, 0.25) is 0 Å². The highest BCUT2D eigenvalue weighted by Gasteiger charge is 1.94. The molecule has 1 aromatic heterocycles. The van der Waals surface area contributed by atoms with Crippen LogP contribution in [0.1, 0.15) is 5.56 Å². The second kappa shape index (κ2) is 6.40. The molecular weight excluding hydrogens is 196 g/mol. The van der Waals surface area contributed by atoms with Crippen LogP contribution in [-0.2, 0) is 0 Å².